The molecule has 0 aromatic heterocycles. The molecule has 0 spiro atoms. The number of fused-ring (bicyclic) bond motifs is 1. The smallest absolute Gasteiger partial charge is 0.411 e. The molecule has 9 heteroatoms. The molecule has 4 rings (SSSR count). The molecule has 1 fully saturated rings. The molecular formula is C35H49ClN4O4. The number of rotatable bonds is 11. The van der Waals surface area contributed by atoms with Crippen LogP contribution < -0.4 is 5.32 Å². The zero-order chi connectivity index (χ0) is 31.9. The van der Waals surface area contributed by atoms with Gasteiger partial charge in [0.2, 0.25) is 11.8 Å². The highest BCUT2D eigenvalue weighted by Crippen LogP contribution is 2.37. The Kier molecular flexibility index (Phi) is 11.7. The second kappa shape index (κ2) is 15.3. The predicted molar refractivity (Wildman–Crippen MR) is 174 cm³/mol. The van der Waals surface area contributed by atoms with Crippen molar-refractivity contribution >= 4 is 29.5 Å². The number of carbonyl (C=O) groups is 3. The van der Waals surface area contributed by atoms with E-state index < -0.39 is 23.8 Å². The minimum atomic E-state index is -0.732. The lowest BCUT2D eigenvalue weighted by Gasteiger charge is -2.40. The van der Waals surface area contributed by atoms with Crippen LogP contribution in [0, 0.1) is 0 Å². The van der Waals surface area contributed by atoms with Gasteiger partial charge in [-0.3, -0.25) is 19.4 Å². The van der Waals surface area contributed by atoms with Crippen LogP contribution in [-0.4, -0.2) is 76.5 Å². The fourth-order valence-electron chi connectivity index (χ4n) is 6.39. The Labute approximate surface area is 268 Å². The number of hydrogen-bond acceptors (Lipinski definition) is 5. The van der Waals surface area contributed by atoms with Crippen LogP contribution in [-0.2, 0) is 27.3 Å². The Morgan fingerprint density at radius 1 is 0.955 bits per heavy atom. The molecule has 240 valence electrons. The van der Waals surface area contributed by atoms with E-state index in [1.54, 1.807) is 17.0 Å². The van der Waals surface area contributed by atoms with Crippen LogP contribution in [0.15, 0.2) is 48.5 Å². The summed E-state index contributed by atoms with van der Waals surface area (Å²) >= 11 is 6.12. The average molecular weight is 625 g/mol. The fraction of sp³-hybridized carbons (Fsp3) is 0.571. The van der Waals surface area contributed by atoms with Gasteiger partial charge in [-0.25, -0.2) is 4.79 Å². The molecule has 0 aliphatic carbocycles. The molecule has 2 heterocycles. The Balaban J connectivity index is 1.49. The SMILES string of the molecule is CCCC(CCC)N1CCN(C(=O)C(Cc2ccc(Cl)cc2)NC(=O)CC2c3ccccc3CN2C(=O)OC(C)(C)C)CC1. The van der Waals surface area contributed by atoms with Crippen molar-refractivity contribution in [3.8, 4) is 0 Å². The summed E-state index contributed by atoms with van der Waals surface area (Å²) in [5.41, 5.74) is 2.18. The largest absolute Gasteiger partial charge is 0.444 e. The number of piperazine rings is 1. The van der Waals surface area contributed by atoms with Crippen LogP contribution in [0.25, 0.3) is 0 Å². The van der Waals surface area contributed by atoms with E-state index in [1.165, 1.54) is 12.8 Å². The van der Waals surface area contributed by atoms with E-state index >= 15 is 0 Å². The molecule has 2 atom stereocenters. The van der Waals surface area contributed by atoms with E-state index in [0.717, 1.165) is 42.6 Å². The molecule has 44 heavy (non-hydrogen) atoms. The average Bonchev–Trinajstić information content (AvgIpc) is 3.35. The molecule has 2 aromatic rings. The van der Waals surface area contributed by atoms with Gasteiger partial charge in [-0.05, 0) is 62.4 Å². The molecule has 1 saturated heterocycles. The highest BCUT2D eigenvalue weighted by Gasteiger charge is 2.38. The number of ether oxygens (including phenoxy) is 1. The quantitative estimate of drug-likeness (QED) is 0.315. The van der Waals surface area contributed by atoms with E-state index in [0.29, 0.717) is 37.1 Å². The number of carbonyl (C=O) groups excluding carboxylic acids is 3. The molecule has 2 unspecified atom stereocenters. The Bertz CT molecular complexity index is 1260. The summed E-state index contributed by atoms with van der Waals surface area (Å²) < 4.78 is 5.69. The maximum atomic E-state index is 14.0. The van der Waals surface area contributed by atoms with Crippen molar-refractivity contribution in [2.45, 2.75) is 103 Å². The third-order valence-electron chi connectivity index (χ3n) is 8.51. The van der Waals surface area contributed by atoms with Gasteiger partial charge in [-0.1, -0.05) is 74.7 Å². The normalized spacial score (nSPS) is 17.8. The third kappa shape index (κ3) is 8.98. The summed E-state index contributed by atoms with van der Waals surface area (Å²) in [5.74, 6) is -0.358. The van der Waals surface area contributed by atoms with Crippen molar-refractivity contribution in [3.63, 3.8) is 0 Å². The second-order valence-electron chi connectivity index (χ2n) is 13.1. The lowest BCUT2D eigenvalue weighted by atomic mass is 10.0. The van der Waals surface area contributed by atoms with Gasteiger partial charge >= 0.3 is 6.09 Å². The van der Waals surface area contributed by atoms with Gasteiger partial charge in [-0.15, -0.1) is 0 Å². The van der Waals surface area contributed by atoms with Gasteiger partial charge in [0, 0.05) is 50.2 Å². The zero-order valence-corrected chi connectivity index (χ0v) is 27.7. The Morgan fingerprint density at radius 3 is 2.20 bits per heavy atom. The van der Waals surface area contributed by atoms with Gasteiger partial charge in [0.15, 0.2) is 0 Å². The van der Waals surface area contributed by atoms with E-state index in [2.05, 4.69) is 24.1 Å². The standard InChI is InChI=1S/C35H49ClN4O4/c1-6-10-28(11-7-2)38-18-20-39(21-19-38)33(42)30(22-25-14-16-27(36)17-15-25)37-32(41)23-31-29-13-9-8-12-26(29)24-40(31)34(43)44-35(3,4)5/h8-9,12-17,28,30-31H,6-7,10-11,18-24H2,1-5H3,(H,37,41). The number of benzene rings is 2. The van der Waals surface area contributed by atoms with Gasteiger partial charge in [0.05, 0.1) is 12.5 Å². The van der Waals surface area contributed by atoms with Crippen LogP contribution in [0.4, 0.5) is 4.79 Å². The molecule has 0 bridgehead atoms. The minimum absolute atomic E-state index is 0.0319. The van der Waals surface area contributed by atoms with Crippen molar-refractivity contribution in [2.75, 3.05) is 26.2 Å². The molecule has 0 saturated carbocycles. The molecule has 1 N–H and O–H groups in total. The van der Waals surface area contributed by atoms with Crippen LogP contribution in [0.5, 0.6) is 0 Å². The summed E-state index contributed by atoms with van der Waals surface area (Å²) in [6.07, 6.45) is 4.56. The molecule has 8 nitrogen and oxygen atoms in total. The molecule has 3 amide bonds. The lowest BCUT2D eigenvalue weighted by molar-refractivity contribution is -0.138. The van der Waals surface area contributed by atoms with Crippen LogP contribution in [0.3, 0.4) is 0 Å². The maximum absolute atomic E-state index is 14.0. The van der Waals surface area contributed by atoms with Crippen LogP contribution in [0.1, 0.15) is 89.5 Å². The monoisotopic (exact) mass is 624 g/mol. The molecule has 2 aromatic carbocycles. The van der Waals surface area contributed by atoms with Crippen molar-refractivity contribution in [2.24, 2.45) is 0 Å². The number of amides is 3. The highest BCUT2D eigenvalue weighted by molar-refractivity contribution is 6.30. The number of nitrogens with one attached hydrogen (secondary N) is 1. The van der Waals surface area contributed by atoms with Gasteiger partial charge in [0.25, 0.3) is 0 Å². The van der Waals surface area contributed by atoms with Crippen LogP contribution >= 0.6 is 11.6 Å². The van der Waals surface area contributed by atoms with Crippen LogP contribution in [0.2, 0.25) is 5.02 Å². The maximum Gasteiger partial charge on any atom is 0.411 e. The molecule has 2 aliphatic heterocycles. The fourth-order valence-corrected chi connectivity index (χ4v) is 6.51. The first kappa shape index (κ1) is 33.8. The predicted octanol–water partition coefficient (Wildman–Crippen LogP) is 6.36. The van der Waals surface area contributed by atoms with Gasteiger partial charge < -0.3 is 15.0 Å². The summed E-state index contributed by atoms with van der Waals surface area (Å²) in [5, 5.41) is 3.68. The van der Waals surface area contributed by atoms with Gasteiger partial charge in [-0.2, -0.15) is 0 Å². The molecular weight excluding hydrogens is 576 g/mol. The Hall–Kier alpha value is -3.10. The van der Waals surface area contributed by atoms with Crippen molar-refractivity contribution in [1.82, 2.24) is 20.0 Å². The zero-order valence-electron chi connectivity index (χ0n) is 27.0. The first-order valence-electron chi connectivity index (χ1n) is 16.1. The number of hydrogen-bond donors (Lipinski definition) is 1. The molecule has 2 aliphatic rings. The summed E-state index contributed by atoms with van der Waals surface area (Å²) in [4.78, 5) is 46.9. The van der Waals surface area contributed by atoms with E-state index in [-0.39, 0.29) is 18.2 Å². The molecule has 0 radical (unpaired) electrons. The van der Waals surface area contributed by atoms with E-state index in [1.807, 2.05) is 62.1 Å². The van der Waals surface area contributed by atoms with E-state index in [9.17, 15) is 14.4 Å². The van der Waals surface area contributed by atoms with Crippen molar-refractivity contribution in [3.05, 3.63) is 70.2 Å². The summed E-state index contributed by atoms with van der Waals surface area (Å²) in [6, 6.07) is 14.5. The van der Waals surface area contributed by atoms with Crippen molar-refractivity contribution in [1.29, 1.82) is 0 Å². The highest BCUT2D eigenvalue weighted by atomic mass is 35.5. The van der Waals surface area contributed by atoms with Gasteiger partial charge in [0.1, 0.15) is 11.6 Å². The topological polar surface area (TPSA) is 82.2 Å². The Morgan fingerprint density at radius 2 is 1.59 bits per heavy atom. The first-order valence-corrected chi connectivity index (χ1v) is 16.5. The summed E-state index contributed by atoms with van der Waals surface area (Å²) in [6.45, 7) is 13.3. The number of nitrogens with zero attached hydrogens (tertiary/aromatic N) is 3. The first-order chi connectivity index (χ1) is 21.0. The third-order valence-corrected chi connectivity index (χ3v) is 8.76. The lowest BCUT2D eigenvalue weighted by Crippen LogP contribution is -2.57. The second-order valence-corrected chi connectivity index (χ2v) is 13.5. The minimum Gasteiger partial charge on any atom is -0.444 e. The van der Waals surface area contributed by atoms with E-state index in [4.69, 9.17) is 16.3 Å². The van der Waals surface area contributed by atoms with Crippen molar-refractivity contribution < 1.29 is 19.1 Å². The summed E-state index contributed by atoms with van der Waals surface area (Å²) in [7, 11) is 0. The number of halogens is 1.